The SMILES string of the molecule is C=Cc1csc(C(=O)O)c1C. The predicted molar refractivity (Wildman–Crippen MR) is 46.1 cm³/mol. The molecule has 0 amide bonds. The molecular weight excluding hydrogens is 160 g/mol. The summed E-state index contributed by atoms with van der Waals surface area (Å²) in [6.45, 7) is 5.37. The topological polar surface area (TPSA) is 37.3 Å². The molecule has 58 valence electrons. The van der Waals surface area contributed by atoms with Crippen LogP contribution in [-0.2, 0) is 0 Å². The molecule has 0 spiro atoms. The lowest BCUT2D eigenvalue weighted by atomic mass is 10.2. The fourth-order valence-corrected chi connectivity index (χ4v) is 1.76. The van der Waals surface area contributed by atoms with Crippen molar-refractivity contribution in [2.75, 3.05) is 0 Å². The summed E-state index contributed by atoms with van der Waals surface area (Å²) in [5.74, 6) is -0.861. The van der Waals surface area contributed by atoms with Gasteiger partial charge in [-0.15, -0.1) is 11.3 Å². The van der Waals surface area contributed by atoms with E-state index in [1.807, 2.05) is 0 Å². The average Bonchev–Trinajstić information content (AvgIpc) is 2.30. The highest BCUT2D eigenvalue weighted by atomic mass is 32.1. The number of thiophene rings is 1. The summed E-state index contributed by atoms with van der Waals surface area (Å²) in [6.07, 6.45) is 1.66. The van der Waals surface area contributed by atoms with Gasteiger partial charge in [0, 0.05) is 0 Å². The van der Waals surface area contributed by atoms with Crippen LogP contribution in [-0.4, -0.2) is 11.1 Å². The van der Waals surface area contributed by atoms with Crippen molar-refractivity contribution in [2.45, 2.75) is 6.92 Å². The number of hydrogen-bond acceptors (Lipinski definition) is 2. The Balaban J connectivity index is 3.20. The highest BCUT2D eigenvalue weighted by Crippen LogP contribution is 2.22. The third-order valence-corrected chi connectivity index (χ3v) is 2.58. The lowest BCUT2D eigenvalue weighted by Gasteiger charge is -1.90. The Kier molecular flexibility index (Phi) is 2.10. The van der Waals surface area contributed by atoms with Crippen molar-refractivity contribution in [3.63, 3.8) is 0 Å². The van der Waals surface area contributed by atoms with Crippen molar-refractivity contribution in [3.05, 3.63) is 28.0 Å². The van der Waals surface area contributed by atoms with Crippen molar-refractivity contribution >= 4 is 23.4 Å². The zero-order valence-electron chi connectivity index (χ0n) is 6.13. The molecule has 11 heavy (non-hydrogen) atoms. The number of hydrogen-bond donors (Lipinski definition) is 1. The van der Waals surface area contributed by atoms with E-state index in [0.717, 1.165) is 11.1 Å². The highest BCUT2D eigenvalue weighted by molar-refractivity contribution is 7.12. The van der Waals surface area contributed by atoms with Crippen LogP contribution in [0, 0.1) is 6.92 Å². The minimum absolute atomic E-state index is 0.403. The van der Waals surface area contributed by atoms with Gasteiger partial charge in [-0.1, -0.05) is 12.7 Å². The molecule has 1 rings (SSSR count). The zero-order chi connectivity index (χ0) is 8.43. The zero-order valence-corrected chi connectivity index (χ0v) is 6.94. The molecule has 0 unspecified atom stereocenters. The molecule has 0 aliphatic heterocycles. The lowest BCUT2D eigenvalue weighted by molar-refractivity contribution is 0.0701. The third-order valence-electron chi connectivity index (χ3n) is 1.49. The second kappa shape index (κ2) is 2.88. The Morgan fingerprint density at radius 2 is 2.45 bits per heavy atom. The van der Waals surface area contributed by atoms with Gasteiger partial charge in [-0.25, -0.2) is 4.79 Å². The number of aromatic carboxylic acids is 1. The van der Waals surface area contributed by atoms with E-state index in [1.54, 1.807) is 18.4 Å². The Hall–Kier alpha value is -1.09. The van der Waals surface area contributed by atoms with Crippen LogP contribution in [0.15, 0.2) is 12.0 Å². The van der Waals surface area contributed by atoms with Gasteiger partial charge in [0.15, 0.2) is 0 Å². The van der Waals surface area contributed by atoms with Crippen LogP contribution in [0.25, 0.3) is 6.08 Å². The molecule has 0 aliphatic rings. The second-order valence-corrected chi connectivity index (χ2v) is 3.03. The molecular formula is C8H8O2S. The molecule has 3 heteroatoms. The maximum atomic E-state index is 10.5. The number of carboxylic acid groups (broad SMARTS) is 1. The number of rotatable bonds is 2. The molecule has 1 N–H and O–H groups in total. The summed E-state index contributed by atoms with van der Waals surface area (Å²) in [5.41, 5.74) is 1.71. The van der Waals surface area contributed by atoms with Crippen LogP contribution in [0.5, 0.6) is 0 Å². The van der Waals surface area contributed by atoms with E-state index in [9.17, 15) is 4.79 Å². The van der Waals surface area contributed by atoms with Gasteiger partial charge in [-0.2, -0.15) is 0 Å². The van der Waals surface area contributed by atoms with Gasteiger partial charge in [0.1, 0.15) is 4.88 Å². The van der Waals surface area contributed by atoms with E-state index in [0.29, 0.717) is 4.88 Å². The van der Waals surface area contributed by atoms with Crippen molar-refractivity contribution in [1.82, 2.24) is 0 Å². The monoisotopic (exact) mass is 168 g/mol. The maximum absolute atomic E-state index is 10.5. The van der Waals surface area contributed by atoms with E-state index in [2.05, 4.69) is 6.58 Å². The summed E-state index contributed by atoms with van der Waals surface area (Å²) in [5, 5.41) is 10.4. The molecule has 1 heterocycles. The molecule has 0 fully saturated rings. The van der Waals surface area contributed by atoms with E-state index in [1.165, 1.54) is 11.3 Å². The van der Waals surface area contributed by atoms with E-state index < -0.39 is 5.97 Å². The summed E-state index contributed by atoms with van der Waals surface area (Å²) in [7, 11) is 0. The van der Waals surface area contributed by atoms with E-state index in [-0.39, 0.29) is 0 Å². The first-order chi connectivity index (χ1) is 5.16. The fraction of sp³-hybridized carbons (Fsp3) is 0.125. The third kappa shape index (κ3) is 1.33. The molecule has 0 saturated carbocycles. The van der Waals surface area contributed by atoms with Crippen molar-refractivity contribution in [2.24, 2.45) is 0 Å². The smallest absolute Gasteiger partial charge is 0.346 e. The molecule has 0 aliphatic carbocycles. The lowest BCUT2D eigenvalue weighted by Crippen LogP contribution is -1.94. The average molecular weight is 168 g/mol. The minimum atomic E-state index is -0.861. The Bertz CT molecular complexity index is 299. The molecule has 0 aromatic carbocycles. The minimum Gasteiger partial charge on any atom is -0.477 e. The van der Waals surface area contributed by atoms with Gasteiger partial charge in [-0.05, 0) is 23.4 Å². The first kappa shape index (κ1) is 8.01. The largest absolute Gasteiger partial charge is 0.477 e. The van der Waals surface area contributed by atoms with Gasteiger partial charge in [-0.3, -0.25) is 0 Å². The molecule has 0 radical (unpaired) electrons. The molecule has 1 aromatic heterocycles. The molecule has 0 atom stereocenters. The van der Waals surface area contributed by atoms with Crippen molar-refractivity contribution in [3.8, 4) is 0 Å². The normalized spacial score (nSPS) is 9.55. The van der Waals surface area contributed by atoms with Crippen molar-refractivity contribution in [1.29, 1.82) is 0 Å². The maximum Gasteiger partial charge on any atom is 0.346 e. The van der Waals surface area contributed by atoms with E-state index in [4.69, 9.17) is 5.11 Å². The Morgan fingerprint density at radius 3 is 2.73 bits per heavy atom. The Morgan fingerprint density at radius 1 is 1.82 bits per heavy atom. The standard InChI is InChI=1S/C8H8O2S/c1-3-6-4-11-7(5(6)2)8(9)10/h3-4H,1H2,2H3,(H,9,10). The fourth-order valence-electron chi connectivity index (χ4n) is 0.842. The second-order valence-electron chi connectivity index (χ2n) is 2.15. The molecule has 1 aromatic rings. The van der Waals surface area contributed by atoms with Crippen LogP contribution < -0.4 is 0 Å². The summed E-state index contributed by atoms with van der Waals surface area (Å²) < 4.78 is 0. The van der Waals surface area contributed by atoms with Crippen LogP contribution in [0.3, 0.4) is 0 Å². The first-order valence-corrected chi connectivity index (χ1v) is 3.98. The van der Waals surface area contributed by atoms with Crippen LogP contribution in [0.4, 0.5) is 0 Å². The Labute approximate surface area is 68.8 Å². The quantitative estimate of drug-likeness (QED) is 0.736. The van der Waals surface area contributed by atoms with Gasteiger partial charge in [0.05, 0.1) is 0 Å². The summed E-state index contributed by atoms with van der Waals surface area (Å²) in [4.78, 5) is 10.9. The predicted octanol–water partition coefficient (Wildman–Crippen LogP) is 2.40. The highest BCUT2D eigenvalue weighted by Gasteiger charge is 2.10. The van der Waals surface area contributed by atoms with Gasteiger partial charge >= 0.3 is 5.97 Å². The summed E-state index contributed by atoms with van der Waals surface area (Å²) >= 11 is 1.24. The van der Waals surface area contributed by atoms with Gasteiger partial charge in [0.25, 0.3) is 0 Å². The molecule has 0 saturated heterocycles. The first-order valence-electron chi connectivity index (χ1n) is 3.10. The van der Waals surface area contributed by atoms with Crippen LogP contribution in [0.2, 0.25) is 0 Å². The van der Waals surface area contributed by atoms with Crippen LogP contribution >= 0.6 is 11.3 Å². The van der Waals surface area contributed by atoms with Crippen LogP contribution in [0.1, 0.15) is 20.8 Å². The van der Waals surface area contributed by atoms with E-state index >= 15 is 0 Å². The molecule has 0 bridgehead atoms. The number of carboxylic acids is 1. The number of carbonyl (C=O) groups is 1. The summed E-state index contributed by atoms with van der Waals surface area (Å²) in [6, 6.07) is 0. The van der Waals surface area contributed by atoms with Gasteiger partial charge in [0.2, 0.25) is 0 Å². The van der Waals surface area contributed by atoms with Crippen molar-refractivity contribution < 1.29 is 9.90 Å². The molecule has 2 nitrogen and oxygen atoms in total. The van der Waals surface area contributed by atoms with Gasteiger partial charge < -0.3 is 5.11 Å².